The third-order valence-electron chi connectivity index (χ3n) is 6.73. The smallest absolute Gasteiger partial charge is 0.338 e. The number of fused-ring (bicyclic) bond motifs is 1. The topological polar surface area (TPSA) is 81.7 Å². The van der Waals surface area contributed by atoms with Crippen molar-refractivity contribution in [3.8, 4) is 6.07 Å². The van der Waals surface area contributed by atoms with E-state index in [9.17, 15) is 28.0 Å². The van der Waals surface area contributed by atoms with Crippen LogP contribution in [0.1, 0.15) is 71.8 Å². The number of halogens is 3. The Kier molecular flexibility index (Phi) is 4.87. The van der Waals surface area contributed by atoms with Crippen molar-refractivity contribution in [2.24, 2.45) is 0 Å². The second-order valence-electron chi connectivity index (χ2n) is 8.79. The summed E-state index contributed by atoms with van der Waals surface area (Å²) in [6.07, 6.45) is 1.56. The zero-order valence-corrected chi connectivity index (χ0v) is 17.4. The van der Waals surface area contributed by atoms with Crippen molar-refractivity contribution in [1.29, 1.82) is 5.26 Å². The van der Waals surface area contributed by atoms with Crippen LogP contribution in [0.4, 0.5) is 13.2 Å². The van der Waals surface area contributed by atoms with Gasteiger partial charge in [0.05, 0.1) is 5.56 Å². The molecule has 3 heterocycles. The molecule has 2 saturated carbocycles. The molecule has 3 fully saturated rings. The molecule has 2 aromatic heterocycles. The number of imidazole rings is 1. The van der Waals surface area contributed by atoms with Gasteiger partial charge < -0.3 is 9.80 Å². The molecule has 32 heavy (non-hydrogen) atoms. The van der Waals surface area contributed by atoms with E-state index < -0.39 is 23.3 Å². The Morgan fingerprint density at radius 1 is 1.16 bits per heavy atom. The zero-order valence-electron chi connectivity index (χ0n) is 17.4. The first-order chi connectivity index (χ1) is 15.3. The highest BCUT2D eigenvalue weighted by Gasteiger charge is 2.39. The molecule has 0 spiro atoms. The number of hydrogen-bond acceptors (Lipinski definition) is 4. The second kappa shape index (κ2) is 7.50. The fourth-order valence-corrected chi connectivity index (χ4v) is 4.55. The van der Waals surface area contributed by atoms with Crippen LogP contribution in [0.25, 0.3) is 5.65 Å². The zero-order chi connectivity index (χ0) is 22.6. The van der Waals surface area contributed by atoms with E-state index in [4.69, 9.17) is 0 Å². The van der Waals surface area contributed by atoms with E-state index >= 15 is 0 Å². The van der Waals surface area contributed by atoms with Gasteiger partial charge in [0.2, 0.25) is 5.91 Å². The van der Waals surface area contributed by atoms with Gasteiger partial charge in [0.1, 0.15) is 6.07 Å². The normalized spacial score (nSPS) is 20.2. The van der Waals surface area contributed by atoms with E-state index in [1.165, 1.54) is 11.1 Å². The van der Waals surface area contributed by atoms with Crippen molar-refractivity contribution in [3.63, 3.8) is 0 Å². The number of aromatic nitrogens is 2. The van der Waals surface area contributed by atoms with Crippen LogP contribution in [-0.2, 0) is 11.0 Å². The molecule has 168 valence electrons. The Morgan fingerprint density at radius 3 is 2.50 bits per heavy atom. The fraction of sp³-hybridized carbons (Fsp3) is 0.545. The van der Waals surface area contributed by atoms with Crippen molar-refractivity contribution < 1.29 is 22.8 Å². The standard InChI is InChI=1S/C22H22F3N5O2/c23-22(24,25)16-10-14(13-4-5-13)12-30-17(11-26)19(27-20(16)30)21(32)28-7-6-18(31)29(9-8-28)15-2-1-3-15/h10,12-13,15H,1-9H2. The number of nitriles is 1. The van der Waals surface area contributed by atoms with Crippen LogP contribution in [0.15, 0.2) is 12.3 Å². The van der Waals surface area contributed by atoms with E-state index in [0.29, 0.717) is 12.1 Å². The number of nitrogens with zero attached hydrogens (tertiary/aromatic N) is 5. The number of carbonyl (C=O) groups is 2. The Balaban J connectivity index is 1.51. The third-order valence-corrected chi connectivity index (χ3v) is 6.73. The summed E-state index contributed by atoms with van der Waals surface area (Å²) in [6.45, 7) is 0.794. The first-order valence-electron chi connectivity index (χ1n) is 10.9. The summed E-state index contributed by atoms with van der Waals surface area (Å²) >= 11 is 0. The lowest BCUT2D eigenvalue weighted by molar-refractivity contribution is -0.137. The van der Waals surface area contributed by atoms with Crippen LogP contribution in [0, 0.1) is 11.3 Å². The molecule has 3 aliphatic rings. The number of rotatable bonds is 3. The summed E-state index contributed by atoms with van der Waals surface area (Å²) in [5.74, 6) is -0.605. The lowest BCUT2D eigenvalue weighted by atomic mass is 9.91. The SMILES string of the molecule is N#Cc1c(C(=O)N2CCC(=O)N(C3CCC3)CC2)nc2c(C(F)(F)F)cc(C3CC3)cn12. The molecule has 1 aliphatic heterocycles. The maximum Gasteiger partial charge on any atom is 0.419 e. The first-order valence-corrected chi connectivity index (χ1v) is 10.9. The van der Waals surface area contributed by atoms with E-state index in [0.717, 1.165) is 42.6 Å². The van der Waals surface area contributed by atoms with Crippen LogP contribution >= 0.6 is 0 Å². The molecule has 0 radical (unpaired) electrons. The Hall–Kier alpha value is -3.09. The summed E-state index contributed by atoms with van der Waals surface area (Å²) < 4.78 is 42.4. The maximum absolute atomic E-state index is 13.8. The maximum atomic E-state index is 13.8. The second-order valence-corrected chi connectivity index (χ2v) is 8.79. The van der Waals surface area contributed by atoms with Crippen LogP contribution in [0.3, 0.4) is 0 Å². The predicted molar refractivity (Wildman–Crippen MR) is 107 cm³/mol. The van der Waals surface area contributed by atoms with Gasteiger partial charge in [0, 0.05) is 38.3 Å². The minimum absolute atomic E-state index is 0.0195. The summed E-state index contributed by atoms with van der Waals surface area (Å²) in [6, 6.07) is 3.17. The van der Waals surface area contributed by atoms with Crippen molar-refractivity contribution in [2.75, 3.05) is 19.6 Å². The minimum Gasteiger partial charge on any atom is -0.338 e. The van der Waals surface area contributed by atoms with Gasteiger partial charge in [0.25, 0.3) is 5.91 Å². The predicted octanol–water partition coefficient (Wildman–Crippen LogP) is 3.33. The molecule has 5 rings (SSSR count). The lowest BCUT2D eigenvalue weighted by Crippen LogP contribution is -2.45. The summed E-state index contributed by atoms with van der Waals surface area (Å²) in [5.41, 5.74) is -1.39. The fourth-order valence-electron chi connectivity index (χ4n) is 4.55. The molecule has 2 amide bonds. The minimum atomic E-state index is -4.66. The lowest BCUT2D eigenvalue weighted by Gasteiger charge is -2.36. The van der Waals surface area contributed by atoms with Gasteiger partial charge in [-0.3, -0.25) is 14.0 Å². The summed E-state index contributed by atoms with van der Waals surface area (Å²) in [4.78, 5) is 33.0. The highest BCUT2D eigenvalue weighted by atomic mass is 19.4. The molecule has 0 aromatic carbocycles. The summed E-state index contributed by atoms with van der Waals surface area (Å²) in [5, 5.41) is 9.72. The molecule has 0 unspecified atom stereocenters. The van der Waals surface area contributed by atoms with Crippen LogP contribution < -0.4 is 0 Å². The molecule has 1 saturated heterocycles. The van der Waals surface area contributed by atoms with E-state index in [2.05, 4.69) is 4.98 Å². The molecule has 0 N–H and O–H groups in total. The Labute approximate surface area is 182 Å². The van der Waals surface area contributed by atoms with Crippen LogP contribution in [-0.4, -0.2) is 56.7 Å². The van der Waals surface area contributed by atoms with Crippen molar-refractivity contribution in [3.05, 3.63) is 34.8 Å². The van der Waals surface area contributed by atoms with Gasteiger partial charge in [-0.25, -0.2) is 4.98 Å². The van der Waals surface area contributed by atoms with Gasteiger partial charge >= 0.3 is 6.18 Å². The molecular formula is C22H22F3N5O2. The average Bonchev–Trinajstić information content (AvgIpc) is 3.51. The van der Waals surface area contributed by atoms with E-state index in [-0.39, 0.29) is 48.8 Å². The quantitative estimate of drug-likeness (QED) is 0.726. The average molecular weight is 445 g/mol. The van der Waals surface area contributed by atoms with Crippen molar-refractivity contribution >= 4 is 17.5 Å². The van der Waals surface area contributed by atoms with E-state index in [1.54, 1.807) is 4.90 Å². The van der Waals surface area contributed by atoms with Gasteiger partial charge in [-0.15, -0.1) is 0 Å². The van der Waals surface area contributed by atoms with Gasteiger partial charge in [-0.2, -0.15) is 18.4 Å². The highest BCUT2D eigenvalue weighted by Crippen LogP contribution is 2.43. The molecule has 10 heteroatoms. The van der Waals surface area contributed by atoms with Gasteiger partial charge in [0.15, 0.2) is 17.0 Å². The number of alkyl halides is 3. The largest absolute Gasteiger partial charge is 0.419 e. The molecule has 0 bridgehead atoms. The van der Waals surface area contributed by atoms with Crippen LogP contribution in [0.2, 0.25) is 0 Å². The van der Waals surface area contributed by atoms with E-state index in [1.807, 2.05) is 6.07 Å². The van der Waals surface area contributed by atoms with Crippen molar-refractivity contribution in [2.45, 2.75) is 56.7 Å². The molecule has 2 aliphatic carbocycles. The number of hydrogen-bond donors (Lipinski definition) is 0. The number of carbonyl (C=O) groups excluding carboxylic acids is 2. The van der Waals surface area contributed by atoms with Gasteiger partial charge in [-0.05, 0) is 49.7 Å². The Morgan fingerprint density at radius 2 is 1.91 bits per heavy atom. The number of pyridine rings is 1. The van der Waals surface area contributed by atoms with Crippen molar-refractivity contribution in [1.82, 2.24) is 19.2 Å². The first kappa shape index (κ1) is 20.8. The number of amides is 2. The summed E-state index contributed by atoms with van der Waals surface area (Å²) in [7, 11) is 0. The molecule has 2 aromatic rings. The van der Waals surface area contributed by atoms with Gasteiger partial charge in [-0.1, -0.05) is 0 Å². The Bertz CT molecular complexity index is 1140. The molecular weight excluding hydrogens is 423 g/mol. The highest BCUT2D eigenvalue weighted by molar-refractivity contribution is 5.96. The monoisotopic (exact) mass is 445 g/mol. The molecule has 0 atom stereocenters. The van der Waals surface area contributed by atoms with Crippen LogP contribution in [0.5, 0.6) is 0 Å². The third kappa shape index (κ3) is 3.49. The molecule has 7 nitrogen and oxygen atoms in total.